The number of hydrogen-bond acceptors (Lipinski definition) is 3. The molecule has 0 saturated heterocycles. The summed E-state index contributed by atoms with van der Waals surface area (Å²) in [5.74, 6) is -1.34. The number of allylic oxidation sites excluding steroid dienone is 3. The van der Waals surface area contributed by atoms with Crippen molar-refractivity contribution in [2.75, 3.05) is 6.61 Å². The molecule has 0 fully saturated rings. The third-order valence-corrected chi connectivity index (χ3v) is 1.05. The molecular weight excluding hydrogens is 213 g/mol. The van der Waals surface area contributed by atoms with Gasteiger partial charge in [0.1, 0.15) is 0 Å². The van der Waals surface area contributed by atoms with E-state index in [1.165, 1.54) is 13.0 Å². The summed E-state index contributed by atoms with van der Waals surface area (Å²) in [6.07, 6.45) is -0.214. The van der Waals surface area contributed by atoms with Gasteiger partial charge in [-0.05, 0) is 13.0 Å². The van der Waals surface area contributed by atoms with Gasteiger partial charge in [0, 0.05) is 6.08 Å². The van der Waals surface area contributed by atoms with Crippen LogP contribution in [0.15, 0.2) is 24.3 Å². The molecule has 0 amide bonds. The van der Waals surface area contributed by atoms with Crippen LogP contribution in [0.3, 0.4) is 0 Å². The Morgan fingerprint density at radius 2 is 1.73 bits per heavy atom. The highest BCUT2D eigenvalue weighted by atomic mass is 19.4. The number of carbonyl (C=O) groups is 2. The third kappa shape index (κ3) is 10.3. The summed E-state index contributed by atoms with van der Waals surface area (Å²) in [6, 6.07) is 0. The van der Waals surface area contributed by atoms with Crippen molar-refractivity contribution in [3.05, 3.63) is 24.3 Å². The average Bonchev–Trinajstić information content (AvgIpc) is 2.07. The minimum absolute atomic E-state index is 0.233. The van der Waals surface area contributed by atoms with Crippen molar-refractivity contribution < 1.29 is 27.5 Å². The fourth-order valence-corrected chi connectivity index (χ4v) is 0.526. The molecule has 0 aliphatic rings. The van der Waals surface area contributed by atoms with Crippen LogP contribution in [0.4, 0.5) is 13.2 Å². The van der Waals surface area contributed by atoms with Crippen molar-refractivity contribution in [2.45, 2.75) is 13.1 Å². The van der Waals surface area contributed by atoms with E-state index in [9.17, 15) is 22.8 Å². The Hall–Kier alpha value is -1.59. The topological polar surface area (TPSA) is 43.4 Å². The van der Waals surface area contributed by atoms with E-state index in [2.05, 4.69) is 4.74 Å². The molecule has 0 heterocycles. The largest absolute Gasteiger partial charge is 0.453 e. The van der Waals surface area contributed by atoms with Crippen molar-refractivity contribution in [3.8, 4) is 0 Å². The summed E-state index contributed by atoms with van der Waals surface area (Å²) >= 11 is 0. The minimum atomic E-state index is -4.53. The first-order valence-corrected chi connectivity index (χ1v) is 3.90. The first-order chi connectivity index (χ1) is 6.81. The maximum atomic E-state index is 11.6. The molecule has 0 rings (SSSR count). The highest BCUT2D eigenvalue weighted by Crippen LogP contribution is 2.14. The second kappa shape index (κ2) is 6.00. The number of ether oxygens (including phenoxy) is 1. The van der Waals surface area contributed by atoms with Crippen LogP contribution in [0.5, 0.6) is 0 Å². The molecule has 0 aromatic heterocycles. The van der Waals surface area contributed by atoms with Crippen LogP contribution in [-0.2, 0) is 14.3 Å². The van der Waals surface area contributed by atoms with E-state index in [4.69, 9.17) is 0 Å². The predicted octanol–water partition coefficient (Wildman–Crippen LogP) is 1.79. The Balaban J connectivity index is 3.89. The molecule has 0 N–H and O–H groups in total. The Bertz CT molecular complexity index is 289. The number of halogens is 3. The molecule has 0 aliphatic carbocycles. The number of alkyl halides is 3. The quantitative estimate of drug-likeness (QED) is 0.413. The van der Waals surface area contributed by atoms with Crippen LogP contribution in [0.25, 0.3) is 0 Å². The lowest BCUT2D eigenvalue weighted by Crippen LogP contribution is -2.19. The van der Waals surface area contributed by atoms with E-state index in [-0.39, 0.29) is 5.78 Å². The monoisotopic (exact) mass is 222 g/mol. The molecule has 15 heavy (non-hydrogen) atoms. The zero-order chi connectivity index (χ0) is 11.9. The first-order valence-electron chi connectivity index (χ1n) is 3.90. The summed E-state index contributed by atoms with van der Waals surface area (Å²) < 4.78 is 38.5. The van der Waals surface area contributed by atoms with Gasteiger partial charge in [0.2, 0.25) is 0 Å². The van der Waals surface area contributed by atoms with Crippen molar-refractivity contribution in [1.82, 2.24) is 0 Å². The number of hydrogen-bond donors (Lipinski definition) is 0. The molecule has 0 unspecified atom stereocenters. The van der Waals surface area contributed by atoms with Gasteiger partial charge in [-0.25, -0.2) is 4.79 Å². The molecule has 0 saturated carbocycles. The molecule has 84 valence electrons. The second-order valence-corrected chi connectivity index (χ2v) is 2.55. The lowest BCUT2D eigenvalue weighted by molar-refractivity contribution is -0.182. The zero-order valence-electron chi connectivity index (χ0n) is 7.88. The fraction of sp³-hybridized carbons (Fsp3) is 0.333. The summed E-state index contributed by atoms with van der Waals surface area (Å²) in [4.78, 5) is 21.0. The molecule has 0 radical (unpaired) electrons. The van der Waals surface area contributed by atoms with Crippen molar-refractivity contribution in [2.24, 2.45) is 0 Å². The molecular formula is C9H9F3O3. The fourth-order valence-electron chi connectivity index (χ4n) is 0.526. The Labute approximate surface area is 84.2 Å². The molecule has 0 atom stereocenters. The predicted molar refractivity (Wildman–Crippen MR) is 46.0 cm³/mol. The van der Waals surface area contributed by atoms with Gasteiger partial charge in [-0.1, -0.05) is 12.2 Å². The van der Waals surface area contributed by atoms with Crippen molar-refractivity contribution >= 4 is 11.8 Å². The van der Waals surface area contributed by atoms with Gasteiger partial charge in [0.15, 0.2) is 12.4 Å². The molecule has 0 aromatic carbocycles. The van der Waals surface area contributed by atoms with Crippen LogP contribution in [0.2, 0.25) is 0 Å². The molecule has 0 aliphatic heterocycles. The van der Waals surface area contributed by atoms with E-state index in [1.807, 2.05) is 0 Å². The van der Waals surface area contributed by atoms with Gasteiger partial charge in [0.05, 0.1) is 0 Å². The summed E-state index contributed by atoms with van der Waals surface area (Å²) in [7, 11) is 0. The number of esters is 1. The van der Waals surface area contributed by atoms with Crippen LogP contribution in [0, 0.1) is 0 Å². The van der Waals surface area contributed by atoms with Crippen LogP contribution in [-0.4, -0.2) is 24.5 Å². The second-order valence-electron chi connectivity index (χ2n) is 2.55. The molecule has 3 nitrogen and oxygen atoms in total. The average molecular weight is 222 g/mol. The SMILES string of the molecule is CC(=O)C=CC=CC(=O)OCC(F)(F)F. The van der Waals surface area contributed by atoms with Crippen molar-refractivity contribution in [1.29, 1.82) is 0 Å². The van der Waals surface area contributed by atoms with Gasteiger partial charge in [0.25, 0.3) is 0 Å². The highest BCUT2D eigenvalue weighted by molar-refractivity contribution is 5.88. The summed E-state index contributed by atoms with van der Waals surface area (Å²) in [5.41, 5.74) is 0. The van der Waals surface area contributed by atoms with Gasteiger partial charge in [-0.3, -0.25) is 4.79 Å². The Kier molecular flexibility index (Phi) is 5.36. The highest BCUT2D eigenvalue weighted by Gasteiger charge is 2.29. The van der Waals surface area contributed by atoms with Crippen molar-refractivity contribution in [3.63, 3.8) is 0 Å². The standard InChI is InChI=1S/C9H9F3O3/c1-7(13)4-2-3-5-8(14)15-6-9(10,11)12/h2-5H,6H2,1H3. The molecule has 0 spiro atoms. The first kappa shape index (κ1) is 13.4. The number of rotatable bonds is 4. The van der Waals surface area contributed by atoms with Gasteiger partial charge >= 0.3 is 12.1 Å². The van der Waals surface area contributed by atoms with Crippen LogP contribution in [0.1, 0.15) is 6.92 Å². The van der Waals surface area contributed by atoms with E-state index in [0.717, 1.165) is 18.2 Å². The van der Waals surface area contributed by atoms with E-state index in [1.54, 1.807) is 0 Å². The van der Waals surface area contributed by atoms with Crippen LogP contribution >= 0.6 is 0 Å². The number of ketones is 1. The summed E-state index contributed by atoms with van der Waals surface area (Å²) in [5, 5.41) is 0. The Morgan fingerprint density at radius 1 is 1.20 bits per heavy atom. The van der Waals surface area contributed by atoms with E-state index < -0.39 is 18.8 Å². The van der Waals surface area contributed by atoms with Gasteiger partial charge in [-0.15, -0.1) is 0 Å². The molecule has 0 aromatic rings. The third-order valence-electron chi connectivity index (χ3n) is 1.05. The smallest absolute Gasteiger partial charge is 0.422 e. The van der Waals surface area contributed by atoms with Crippen LogP contribution < -0.4 is 0 Å². The normalized spacial score (nSPS) is 12.3. The van der Waals surface area contributed by atoms with Gasteiger partial charge < -0.3 is 4.74 Å². The van der Waals surface area contributed by atoms with Gasteiger partial charge in [-0.2, -0.15) is 13.2 Å². The lowest BCUT2D eigenvalue weighted by Gasteiger charge is -2.04. The zero-order valence-corrected chi connectivity index (χ0v) is 7.88. The summed E-state index contributed by atoms with van der Waals surface area (Å²) in [6.45, 7) is -0.321. The minimum Gasteiger partial charge on any atom is -0.453 e. The maximum Gasteiger partial charge on any atom is 0.422 e. The Morgan fingerprint density at radius 3 is 2.20 bits per heavy atom. The molecule has 6 heteroatoms. The van der Waals surface area contributed by atoms with E-state index in [0.29, 0.717) is 0 Å². The number of carbonyl (C=O) groups excluding carboxylic acids is 2. The lowest BCUT2D eigenvalue weighted by atomic mass is 10.3. The maximum absolute atomic E-state index is 11.6. The van der Waals surface area contributed by atoms with E-state index >= 15 is 0 Å². The molecule has 0 bridgehead atoms.